The molecule has 2 amide bonds. The number of benzene rings is 1. The fraction of sp³-hybridized carbons (Fsp3) is 0.680. The number of amides is 2. The second-order valence-electron chi connectivity index (χ2n) is 9.88. The Bertz CT molecular complexity index is 849. The number of aliphatic hydroxyl groups is 1. The Labute approximate surface area is 189 Å². The minimum atomic E-state index is -0.471. The van der Waals surface area contributed by atoms with Gasteiger partial charge in [-0.3, -0.25) is 9.59 Å². The monoisotopic (exact) mass is 442 g/mol. The molecule has 2 saturated carbocycles. The minimum absolute atomic E-state index is 0.0256. The van der Waals surface area contributed by atoms with Crippen LogP contribution < -0.4 is 15.4 Å². The van der Waals surface area contributed by atoms with Gasteiger partial charge in [0.05, 0.1) is 19.1 Å². The zero-order valence-corrected chi connectivity index (χ0v) is 18.6. The van der Waals surface area contributed by atoms with E-state index in [1.54, 1.807) is 0 Å². The summed E-state index contributed by atoms with van der Waals surface area (Å²) < 4.78 is 12.2. The highest BCUT2D eigenvalue weighted by Crippen LogP contribution is 2.47. The number of hydrogen-bond acceptors (Lipinski definition) is 5. The van der Waals surface area contributed by atoms with Crippen LogP contribution in [0.2, 0.25) is 0 Å². The predicted molar refractivity (Wildman–Crippen MR) is 120 cm³/mol. The number of rotatable bonds is 6. The maximum atomic E-state index is 12.7. The van der Waals surface area contributed by atoms with Crippen LogP contribution in [0.5, 0.6) is 5.75 Å². The molecule has 1 aromatic rings. The van der Waals surface area contributed by atoms with Gasteiger partial charge in [0.1, 0.15) is 18.0 Å². The molecule has 0 bridgehead atoms. The summed E-state index contributed by atoms with van der Waals surface area (Å²) >= 11 is 0. The van der Waals surface area contributed by atoms with E-state index in [1.165, 1.54) is 19.3 Å². The fourth-order valence-corrected chi connectivity index (χ4v) is 5.62. The SMILES string of the molecule is O=C(C[C@H]1C[C@H]2c3cc(NC(=O)C4CCC4)ccc3O[C@H]2[C@@H](CO)O1)NC1CCCCC1. The summed E-state index contributed by atoms with van der Waals surface area (Å²) in [5, 5.41) is 16.1. The summed E-state index contributed by atoms with van der Waals surface area (Å²) in [6.07, 6.45) is 8.71. The topological polar surface area (TPSA) is 96.9 Å². The van der Waals surface area contributed by atoms with Crippen molar-refractivity contribution in [1.29, 1.82) is 0 Å². The Hall–Kier alpha value is -2.12. The summed E-state index contributed by atoms with van der Waals surface area (Å²) in [5.74, 6) is 1.04. The molecule has 0 radical (unpaired) electrons. The number of carbonyl (C=O) groups excluding carboxylic acids is 2. The van der Waals surface area contributed by atoms with Crippen molar-refractivity contribution in [3.8, 4) is 5.75 Å². The third-order valence-electron chi connectivity index (χ3n) is 7.63. The molecule has 7 nitrogen and oxygen atoms in total. The molecule has 2 heterocycles. The lowest BCUT2D eigenvalue weighted by Crippen LogP contribution is -2.48. The first-order valence-electron chi connectivity index (χ1n) is 12.3. The molecular weight excluding hydrogens is 408 g/mol. The lowest BCUT2D eigenvalue weighted by Gasteiger charge is -2.37. The van der Waals surface area contributed by atoms with Gasteiger partial charge in [-0.2, -0.15) is 0 Å². The van der Waals surface area contributed by atoms with E-state index in [2.05, 4.69) is 10.6 Å². The highest BCUT2D eigenvalue weighted by molar-refractivity contribution is 5.93. The van der Waals surface area contributed by atoms with E-state index < -0.39 is 6.10 Å². The van der Waals surface area contributed by atoms with Crippen molar-refractivity contribution in [3.63, 3.8) is 0 Å². The molecule has 5 rings (SSSR count). The number of fused-ring (bicyclic) bond motifs is 3. The van der Waals surface area contributed by atoms with Gasteiger partial charge in [-0.15, -0.1) is 0 Å². The van der Waals surface area contributed by atoms with Gasteiger partial charge < -0.3 is 25.2 Å². The van der Waals surface area contributed by atoms with Crippen molar-refractivity contribution in [2.45, 2.75) is 94.5 Å². The Morgan fingerprint density at radius 1 is 1.06 bits per heavy atom. The van der Waals surface area contributed by atoms with Crippen LogP contribution in [0.15, 0.2) is 18.2 Å². The zero-order chi connectivity index (χ0) is 22.1. The van der Waals surface area contributed by atoms with Crippen LogP contribution in [0.1, 0.15) is 75.7 Å². The summed E-state index contributed by atoms with van der Waals surface area (Å²) in [7, 11) is 0. The highest BCUT2D eigenvalue weighted by atomic mass is 16.6. The number of aliphatic hydroxyl groups excluding tert-OH is 1. The summed E-state index contributed by atoms with van der Waals surface area (Å²) in [4.78, 5) is 25.0. The van der Waals surface area contributed by atoms with E-state index in [1.807, 2.05) is 18.2 Å². The van der Waals surface area contributed by atoms with Crippen molar-refractivity contribution in [2.24, 2.45) is 5.92 Å². The quantitative estimate of drug-likeness (QED) is 0.628. The van der Waals surface area contributed by atoms with Gasteiger partial charge >= 0.3 is 0 Å². The second kappa shape index (κ2) is 9.40. The van der Waals surface area contributed by atoms with Gasteiger partial charge in [-0.1, -0.05) is 25.7 Å². The van der Waals surface area contributed by atoms with Gasteiger partial charge in [0.2, 0.25) is 11.8 Å². The molecule has 4 aliphatic rings. The van der Waals surface area contributed by atoms with Crippen LogP contribution in [0, 0.1) is 5.92 Å². The van der Waals surface area contributed by atoms with E-state index >= 15 is 0 Å². The Kier molecular flexibility index (Phi) is 6.37. The van der Waals surface area contributed by atoms with Crippen molar-refractivity contribution < 1.29 is 24.2 Å². The summed E-state index contributed by atoms with van der Waals surface area (Å²) in [6.45, 7) is -0.152. The number of nitrogens with one attached hydrogen (secondary N) is 2. The van der Waals surface area contributed by atoms with Crippen molar-refractivity contribution in [2.75, 3.05) is 11.9 Å². The molecule has 32 heavy (non-hydrogen) atoms. The van der Waals surface area contributed by atoms with Crippen molar-refractivity contribution >= 4 is 17.5 Å². The lowest BCUT2D eigenvalue weighted by atomic mass is 9.83. The van der Waals surface area contributed by atoms with Crippen LogP contribution in [0.4, 0.5) is 5.69 Å². The van der Waals surface area contributed by atoms with E-state index in [0.29, 0.717) is 12.8 Å². The molecule has 2 aliphatic carbocycles. The van der Waals surface area contributed by atoms with Gasteiger partial charge in [0, 0.05) is 29.1 Å². The smallest absolute Gasteiger partial charge is 0.227 e. The zero-order valence-electron chi connectivity index (χ0n) is 18.6. The Balaban J connectivity index is 1.26. The molecule has 0 aromatic heterocycles. The molecule has 174 valence electrons. The molecule has 3 fully saturated rings. The average molecular weight is 443 g/mol. The predicted octanol–water partition coefficient (Wildman–Crippen LogP) is 3.26. The van der Waals surface area contributed by atoms with Crippen molar-refractivity contribution in [1.82, 2.24) is 5.32 Å². The molecule has 1 aromatic carbocycles. The molecular formula is C25H34N2O5. The van der Waals surface area contributed by atoms with Crippen LogP contribution in [-0.2, 0) is 14.3 Å². The van der Waals surface area contributed by atoms with Gasteiger partial charge in [-0.25, -0.2) is 0 Å². The average Bonchev–Trinajstić information content (AvgIpc) is 3.10. The maximum Gasteiger partial charge on any atom is 0.227 e. The van der Waals surface area contributed by atoms with Gasteiger partial charge in [-0.05, 0) is 50.3 Å². The summed E-state index contributed by atoms with van der Waals surface area (Å²) in [6, 6.07) is 6.04. The van der Waals surface area contributed by atoms with E-state index in [0.717, 1.165) is 49.1 Å². The van der Waals surface area contributed by atoms with E-state index in [-0.39, 0.29) is 48.5 Å². The number of hydrogen-bond donors (Lipinski definition) is 3. The van der Waals surface area contributed by atoms with Gasteiger partial charge in [0.25, 0.3) is 0 Å². The minimum Gasteiger partial charge on any atom is -0.487 e. The number of anilines is 1. The summed E-state index contributed by atoms with van der Waals surface area (Å²) in [5.41, 5.74) is 1.81. The highest BCUT2D eigenvalue weighted by Gasteiger charge is 2.46. The largest absolute Gasteiger partial charge is 0.487 e. The molecule has 7 heteroatoms. The third kappa shape index (κ3) is 4.50. The molecule has 0 unspecified atom stereocenters. The fourth-order valence-electron chi connectivity index (χ4n) is 5.62. The van der Waals surface area contributed by atoms with Gasteiger partial charge in [0.15, 0.2) is 0 Å². The van der Waals surface area contributed by atoms with Crippen molar-refractivity contribution in [3.05, 3.63) is 23.8 Å². The standard InChI is InChI=1S/C25H34N2O5/c28-14-22-24-20(12-18(31-22)13-23(29)26-16-7-2-1-3-8-16)19-11-17(9-10-21(19)32-24)27-25(30)15-5-4-6-15/h9-11,15-16,18,20,22,24,28H,1-8,12-14H2,(H,26,29)(H,27,30)/t18-,20+,22-,24-/m1/s1. The van der Waals surface area contributed by atoms with E-state index in [9.17, 15) is 14.7 Å². The van der Waals surface area contributed by atoms with Crippen LogP contribution in [0.25, 0.3) is 0 Å². The molecule has 2 aliphatic heterocycles. The van der Waals surface area contributed by atoms with E-state index in [4.69, 9.17) is 9.47 Å². The van der Waals surface area contributed by atoms with Crippen LogP contribution in [0.3, 0.4) is 0 Å². The third-order valence-corrected chi connectivity index (χ3v) is 7.63. The second-order valence-corrected chi connectivity index (χ2v) is 9.88. The van der Waals surface area contributed by atoms with Crippen LogP contribution in [-0.4, -0.2) is 47.9 Å². The van der Waals surface area contributed by atoms with Crippen LogP contribution >= 0.6 is 0 Å². The number of ether oxygens (including phenoxy) is 2. The lowest BCUT2D eigenvalue weighted by molar-refractivity contribution is -0.142. The Morgan fingerprint density at radius 2 is 1.88 bits per heavy atom. The Morgan fingerprint density at radius 3 is 2.59 bits per heavy atom. The molecule has 3 N–H and O–H groups in total. The molecule has 4 atom stereocenters. The first-order valence-corrected chi connectivity index (χ1v) is 12.3. The first kappa shape index (κ1) is 21.7. The number of carbonyl (C=O) groups is 2. The molecule has 1 saturated heterocycles. The molecule has 0 spiro atoms. The first-order chi connectivity index (χ1) is 15.6. The normalized spacial score (nSPS) is 29.9. The maximum absolute atomic E-state index is 12.7.